The highest BCUT2D eigenvalue weighted by molar-refractivity contribution is 6.43. The van der Waals surface area contributed by atoms with Crippen LogP contribution in [0, 0.1) is 10.1 Å². The van der Waals surface area contributed by atoms with E-state index >= 15 is 0 Å². The molecule has 1 aromatic carbocycles. The molecular weight excluding hydrogens is 341 g/mol. The highest BCUT2D eigenvalue weighted by atomic mass is 35.5. The molecule has 0 unspecified atom stereocenters. The fourth-order valence-corrected chi connectivity index (χ4v) is 2.87. The third-order valence-corrected chi connectivity index (χ3v) is 4.41. The van der Waals surface area contributed by atoms with Gasteiger partial charge in [0, 0.05) is 13.1 Å². The number of halogens is 2. The molecule has 2 heterocycles. The van der Waals surface area contributed by atoms with E-state index in [1.807, 2.05) is 4.90 Å². The van der Waals surface area contributed by atoms with E-state index in [1.54, 1.807) is 18.2 Å². The highest BCUT2D eigenvalue weighted by Crippen LogP contribution is 2.37. The third kappa shape index (κ3) is 3.16. The Labute approximate surface area is 142 Å². The Morgan fingerprint density at radius 3 is 2.65 bits per heavy atom. The van der Waals surface area contributed by atoms with Crippen molar-refractivity contribution in [3.05, 3.63) is 44.7 Å². The molecule has 0 spiro atoms. The molecule has 23 heavy (non-hydrogen) atoms. The van der Waals surface area contributed by atoms with Gasteiger partial charge in [-0.05, 0) is 25.0 Å². The molecule has 0 bridgehead atoms. The van der Waals surface area contributed by atoms with E-state index < -0.39 is 4.92 Å². The fourth-order valence-electron chi connectivity index (χ4n) is 2.52. The van der Waals surface area contributed by atoms with E-state index in [-0.39, 0.29) is 16.5 Å². The molecule has 1 saturated heterocycles. The van der Waals surface area contributed by atoms with Gasteiger partial charge in [0.1, 0.15) is 6.33 Å². The van der Waals surface area contributed by atoms with Crippen LogP contribution in [0.2, 0.25) is 10.0 Å². The van der Waals surface area contributed by atoms with Crippen LogP contribution in [0.15, 0.2) is 24.5 Å². The molecule has 0 saturated carbocycles. The van der Waals surface area contributed by atoms with Crippen molar-refractivity contribution in [1.29, 1.82) is 0 Å². The zero-order chi connectivity index (χ0) is 16.4. The molecule has 1 aromatic heterocycles. The number of aromatic nitrogens is 2. The van der Waals surface area contributed by atoms with E-state index in [9.17, 15) is 10.1 Å². The summed E-state index contributed by atoms with van der Waals surface area (Å²) in [4.78, 5) is 21.1. The van der Waals surface area contributed by atoms with Gasteiger partial charge in [-0.15, -0.1) is 0 Å². The van der Waals surface area contributed by atoms with Gasteiger partial charge in [0.15, 0.2) is 0 Å². The van der Waals surface area contributed by atoms with E-state index in [2.05, 4.69) is 15.3 Å². The Bertz CT molecular complexity index is 750. The third-order valence-electron chi connectivity index (χ3n) is 3.60. The van der Waals surface area contributed by atoms with Crippen LogP contribution in [0.3, 0.4) is 0 Å². The van der Waals surface area contributed by atoms with Crippen molar-refractivity contribution in [1.82, 2.24) is 9.97 Å². The van der Waals surface area contributed by atoms with Gasteiger partial charge in [0.05, 0.1) is 20.7 Å². The first-order valence-corrected chi connectivity index (χ1v) is 7.79. The first kappa shape index (κ1) is 15.8. The number of nitrogens with one attached hydrogen (secondary N) is 1. The number of nitro groups is 1. The predicted octanol–water partition coefficient (Wildman–Crippen LogP) is 4.04. The molecule has 2 aromatic rings. The van der Waals surface area contributed by atoms with Crippen LogP contribution >= 0.6 is 23.2 Å². The molecule has 0 aliphatic carbocycles. The lowest BCUT2D eigenvalue weighted by Gasteiger charge is -2.17. The number of anilines is 3. The quantitative estimate of drug-likeness (QED) is 0.659. The van der Waals surface area contributed by atoms with Crippen molar-refractivity contribution in [2.24, 2.45) is 0 Å². The molecule has 1 aliphatic heterocycles. The molecule has 9 heteroatoms. The number of hydrogen-bond acceptors (Lipinski definition) is 6. The Hall–Kier alpha value is -2.12. The van der Waals surface area contributed by atoms with Crippen LogP contribution in [0.4, 0.5) is 23.0 Å². The molecule has 0 amide bonds. The van der Waals surface area contributed by atoms with Crippen molar-refractivity contribution in [3.8, 4) is 0 Å². The largest absolute Gasteiger partial charge is 0.353 e. The lowest BCUT2D eigenvalue weighted by atomic mass is 10.3. The summed E-state index contributed by atoms with van der Waals surface area (Å²) in [6.07, 6.45) is 3.29. The minimum atomic E-state index is -0.478. The molecule has 120 valence electrons. The van der Waals surface area contributed by atoms with Crippen molar-refractivity contribution in [2.75, 3.05) is 23.3 Å². The Morgan fingerprint density at radius 1 is 1.22 bits per heavy atom. The topological polar surface area (TPSA) is 84.2 Å². The van der Waals surface area contributed by atoms with Gasteiger partial charge < -0.3 is 10.2 Å². The average molecular weight is 354 g/mol. The molecule has 1 aliphatic rings. The summed E-state index contributed by atoms with van der Waals surface area (Å²) in [7, 11) is 0. The van der Waals surface area contributed by atoms with Crippen LogP contribution in [-0.2, 0) is 0 Å². The van der Waals surface area contributed by atoms with E-state index in [1.165, 1.54) is 6.33 Å². The molecule has 1 N–H and O–H groups in total. The molecule has 3 rings (SSSR count). The Kier molecular flexibility index (Phi) is 4.49. The fraction of sp³-hybridized carbons (Fsp3) is 0.286. The van der Waals surface area contributed by atoms with Gasteiger partial charge in [-0.2, -0.15) is 0 Å². The van der Waals surface area contributed by atoms with E-state index in [4.69, 9.17) is 23.2 Å². The summed E-state index contributed by atoms with van der Waals surface area (Å²) in [6, 6.07) is 5.01. The van der Waals surface area contributed by atoms with Crippen LogP contribution in [-0.4, -0.2) is 28.0 Å². The van der Waals surface area contributed by atoms with Crippen molar-refractivity contribution in [2.45, 2.75) is 12.8 Å². The van der Waals surface area contributed by atoms with E-state index in [0.29, 0.717) is 16.5 Å². The maximum Gasteiger partial charge on any atom is 0.353 e. The van der Waals surface area contributed by atoms with Crippen molar-refractivity contribution in [3.63, 3.8) is 0 Å². The summed E-state index contributed by atoms with van der Waals surface area (Å²) in [5, 5.41) is 15.1. The Balaban J connectivity index is 2.03. The number of hydrogen-bond donors (Lipinski definition) is 1. The zero-order valence-electron chi connectivity index (χ0n) is 12.0. The standard InChI is InChI=1S/C14H13Cl2N5O2/c15-9-4-3-5-10(11(9)16)19-13-12(21(22)23)14(18-8-17-13)20-6-1-2-7-20/h3-5,8H,1-2,6-7H2,(H,17,18,19). The van der Waals surface area contributed by atoms with Crippen molar-refractivity contribution < 1.29 is 4.92 Å². The van der Waals surface area contributed by atoms with Gasteiger partial charge in [-0.3, -0.25) is 10.1 Å². The van der Waals surface area contributed by atoms with Crippen LogP contribution in [0.1, 0.15) is 12.8 Å². The second-order valence-corrected chi connectivity index (χ2v) is 5.86. The zero-order valence-corrected chi connectivity index (χ0v) is 13.5. The molecule has 1 fully saturated rings. The smallest absolute Gasteiger partial charge is 0.351 e. The Morgan fingerprint density at radius 2 is 1.96 bits per heavy atom. The van der Waals surface area contributed by atoms with Gasteiger partial charge in [0.25, 0.3) is 0 Å². The first-order valence-electron chi connectivity index (χ1n) is 7.03. The number of benzene rings is 1. The van der Waals surface area contributed by atoms with Gasteiger partial charge in [-0.25, -0.2) is 9.97 Å². The lowest BCUT2D eigenvalue weighted by Crippen LogP contribution is -2.21. The van der Waals surface area contributed by atoms with Gasteiger partial charge in [0.2, 0.25) is 11.6 Å². The monoisotopic (exact) mass is 353 g/mol. The SMILES string of the molecule is O=[N+]([O-])c1c(Nc2cccc(Cl)c2Cl)ncnc1N1CCCC1. The average Bonchev–Trinajstić information content (AvgIpc) is 3.05. The molecule has 0 atom stereocenters. The number of nitrogens with zero attached hydrogens (tertiary/aromatic N) is 4. The second-order valence-electron chi connectivity index (χ2n) is 5.07. The maximum absolute atomic E-state index is 11.5. The van der Waals surface area contributed by atoms with Crippen LogP contribution in [0.5, 0.6) is 0 Å². The van der Waals surface area contributed by atoms with Crippen molar-refractivity contribution >= 4 is 46.2 Å². The molecule has 0 radical (unpaired) electrons. The van der Waals surface area contributed by atoms with Gasteiger partial charge >= 0.3 is 5.69 Å². The highest BCUT2D eigenvalue weighted by Gasteiger charge is 2.28. The normalized spacial score (nSPS) is 14.1. The minimum Gasteiger partial charge on any atom is -0.351 e. The molecular formula is C14H13Cl2N5O2. The maximum atomic E-state index is 11.5. The summed E-state index contributed by atoms with van der Waals surface area (Å²) in [6.45, 7) is 1.49. The summed E-state index contributed by atoms with van der Waals surface area (Å²) < 4.78 is 0. The summed E-state index contributed by atoms with van der Waals surface area (Å²) >= 11 is 12.1. The minimum absolute atomic E-state index is 0.0936. The molecule has 7 nitrogen and oxygen atoms in total. The van der Waals surface area contributed by atoms with Gasteiger partial charge in [-0.1, -0.05) is 29.3 Å². The lowest BCUT2D eigenvalue weighted by molar-refractivity contribution is -0.383. The summed E-state index contributed by atoms with van der Waals surface area (Å²) in [5.41, 5.74) is 0.291. The first-order chi connectivity index (χ1) is 11.1. The van der Waals surface area contributed by atoms with Crippen LogP contribution in [0.25, 0.3) is 0 Å². The number of rotatable bonds is 4. The predicted molar refractivity (Wildman–Crippen MR) is 89.9 cm³/mol. The van der Waals surface area contributed by atoms with E-state index in [0.717, 1.165) is 25.9 Å². The second kappa shape index (κ2) is 6.55. The summed E-state index contributed by atoms with van der Waals surface area (Å²) in [5.74, 6) is 0.416. The van der Waals surface area contributed by atoms with Crippen LogP contribution < -0.4 is 10.2 Å².